The molecule has 0 fully saturated rings. The molecule has 104 valence electrons. The minimum atomic E-state index is 0.0314. The molecule has 0 saturated heterocycles. The number of aryl methyl sites for hydroxylation is 2. The molecule has 2 heterocycles. The minimum absolute atomic E-state index is 0.0314. The number of hydrogen-bond donors (Lipinski definition) is 1. The summed E-state index contributed by atoms with van der Waals surface area (Å²) in [6, 6.07) is 10.8. The van der Waals surface area contributed by atoms with E-state index in [4.69, 9.17) is 5.73 Å². The molecule has 2 N–H and O–H groups in total. The number of aromatic nitrogens is 1. The molecule has 0 saturated carbocycles. The predicted octanol–water partition coefficient (Wildman–Crippen LogP) is 3.49. The first-order chi connectivity index (χ1) is 9.66. The van der Waals surface area contributed by atoms with Crippen molar-refractivity contribution >= 4 is 11.5 Å². The van der Waals surface area contributed by atoms with E-state index in [-0.39, 0.29) is 6.04 Å². The van der Waals surface area contributed by atoms with Crippen LogP contribution in [0.15, 0.2) is 36.5 Å². The number of pyridine rings is 1. The van der Waals surface area contributed by atoms with E-state index in [1.807, 2.05) is 13.1 Å². The molecule has 0 radical (unpaired) electrons. The van der Waals surface area contributed by atoms with Gasteiger partial charge >= 0.3 is 0 Å². The first kappa shape index (κ1) is 13.1. The Labute approximate surface area is 120 Å². The Kier molecular flexibility index (Phi) is 3.45. The van der Waals surface area contributed by atoms with Gasteiger partial charge in [0.25, 0.3) is 0 Å². The van der Waals surface area contributed by atoms with Crippen molar-refractivity contribution in [1.82, 2.24) is 4.98 Å². The summed E-state index contributed by atoms with van der Waals surface area (Å²) in [5, 5.41) is 0. The van der Waals surface area contributed by atoms with E-state index in [2.05, 4.69) is 47.1 Å². The lowest BCUT2D eigenvalue weighted by atomic mass is 10.0. The molecule has 3 rings (SSSR count). The highest BCUT2D eigenvalue weighted by Crippen LogP contribution is 2.34. The van der Waals surface area contributed by atoms with Gasteiger partial charge in [-0.1, -0.05) is 18.2 Å². The van der Waals surface area contributed by atoms with E-state index < -0.39 is 0 Å². The maximum atomic E-state index is 5.93. The largest absolute Gasteiger partial charge is 0.326 e. The molecule has 20 heavy (non-hydrogen) atoms. The van der Waals surface area contributed by atoms with E-state index in [0.717, 1.165) is 24.3 Å². The van der Waals surface area contributed by atoms with Gasteiger partial charge in [0.15, 0.2) is 0 Å². The summed E-state index contributed by atoms with van der Waals surface area (Å²) in [6.07, 6.45) is 4.24. The first-order valence-electron chi connectivity index (χ1n) is 7.24. The summed E-state index contributed by atoms with van der Waals surface area (Å²) in [5.41, 5.74) is 10.9. The highest BCUT2D eigenvalue weighted by molar-refractivity contribution is 5.67. The maximum absolute atomic E-state index is 5.93. The summed E-state index contributed by atoms with van der Waals surface area (Å²) in [5.74, 6) is 1.06. The van der Waals surface area contributed by atoms with Crippen molar-refractivity contribution in [2.24, 2.45) is 5.73 Å². The van der Waals surface area contributed by atoms with Gasteiger partial charge in [0.1, 0.15) is 5.82 Å². The number of anilines is 2. The fraction of sp³-hybridized carbons (Fsp3) is 0.353. The molecule has 0 bridgehead atoms. The topological polar surface area (TPSA) is 42.1 Å². The monoisotopic (exact) mass is 267 g/mol. The van der Waals surface area contributed by atoms with E-state index in [1.54, 1.807) is 0 Å². The lowest BCUT2D eigenvalue weighted by Gasteiger charge is -2.31. The lowest BCUT2D eigenvalue weighted by molar-refractivity contribution is 0.754. The molecule has 0 aliphatic carbocycles. The number of nitrogens with two attached hydrogens (primary N) is 1. The van der Waals surface area contributed by atoms with Crippen molar-refractivity contribution in [3.8, 4) is 0 Å². The zero-order valence-corrected chi connectivity index (χ0v) is 12.1. The summed E-state index contributed by atoms with van der Waals surface area (Å²) in [7, 11) is 0. The molecule has 0 spiro atoms. The van der Waals surface area contributed by atoms with Gasteiger partial charge in [0.2, 0.25) is 0 Å². The maximum Gasteiger partial charge on any atom is 0.135 e. The van der Waals surface area contributed by atoms with Crippen LogP contribution in [0, 0.1) is 6.92 Å². The predicted molar refractivity (Wildman–Crippen MR) is 83.3 cm³/mol. The van der Waals surface area contributed by atoms with Crippen LogP contribution in [0.25, 0.3) is 0 Å². The fourth-order valence-corrected chi connectivity index (χ4v) is 2.87. The van der Waals surface area contributed by atoms with Gasteiger partial charge in [0.05, 0.1) is 0 Å². The molecule has 1 atom stereocenters. The van der Waals surface area contributed by atoms with E-state index in [9.17, 15) is 0 Å². The van der Waals surface area contributed by atoms with Gasteiger partial charge in [-0.05, 0) is 55.5 Å². The van der Waals surface area contributed by atoms with Crippen LogP contribution in [0.4, 0.5) is 11.5 Å². The number of benzene rings is 1. The number of fused-ring (bicyclic) bond motifs is 1. The van der Waals surface area contributed by atoms with E-state index in [0.29, 0.717) is 0 Å². The Morgan fingerprint density at radius 2 is 2.10 bits per heavy atom. The molecule has 1 aliphatic heterocycles. The molecule has 0 unspecified atom stereocenters. The fourth-order valence-electron chi connectivity index (χ4n) is 2.87. The van der Waals surface area contributed by atoms with Crippen molar-refractivity contribution in [1.29, 1.82) is 0 Å². The van der Waals surface area contributed by atoms with Crippen molar-refractivity contribution in [2.75, 3.05) is 11.4 Å². The van der Waals surface area contributed by atoms with Crippen molar-refractivity contribution < 1.29 is 0 Å². The number of rotatable bonds is 2. The van der Waals surface area contributed by atoms with Crippen LogP contribution in [0.5, 0.6) is 0 Å². The minimum Gasteiger partial charge on any atom is -0.326 e. The lowest BCUT2D eigenvalue weighted by Crippen LogP contribution is -2.26. The molecule has 2 aromatic rings. The third-order valence-electron chi connectivity index (χ3n) is 3.96. The first-order valence-corrected chi connectivity index (χ1v) is 7.24. The van der Waals surface area contributed by atoms with E-state index in [1.165, 1.54) is 23.2 Å². The third kappa shape index (κ3) is 2.29. The molecule has 0 amide bonds. The average molecular weight is 267 g/mol. The molecular weight excluding hydrogens is 246 g/mol. The second-order valence-electron chi connectivity index (χ2n) is 5.58. The van der Waals surface area contributed by atoms with Crippen LogP contribution >= 0.6 is 0 Å². The molecule has 1 aromatic heterocycles. The highest BCUT2D eigenvalue weighted by atomic mass is 15.2. The van der Waals surface area contributed by atoms with Crippen LogP contribution in [-0.4, -0.2) is 11.5 Å². The smallest absolute Gasteiger partial charge is 0.135 e. The van der Waals surface area contributed by atoms with Crippen LogP contribution < -0.4 is 10.6 Å². The normalized spacial score (nSPS) is 15.8. The number of para-hydroxylation sites is 1. The average Bonchev–Trinajstić information content (AvgIpc) is 2.46. The van der Waals surface area contributed by atoms with Crippen molar-refractivity contribution in [3.63, 3.8) is 0 Å². The molecule has 1 aliphatic rings. The molecule has 3 nitrogen and oxygen atoms in total. The summed E-state index contributed by atoms with van der Waals surface area (Å²) >= 11 is 0. The van der Waals surface area contributed by atoms with Crippen LogP contribution in [-0.2, 0) is 6.42 Å². The Morgan fingerprint density at radius 1 is 1.30 bits per heavy atom. The summed E-state index contributed by atoms with van der Waals surface area (Å²) in [4.78, 5) is 7.00. The quantitative estimate of drug-likeness (QED) is 0.905. The summed E-state index contributed by atoms with van der Waals surface area (Å²) in [6.45, 7) is 5.14. The Hall–Kier alpha value is -1.87. The van der Waals surface area contributed by atoms with Crippen LogP contribution in [0.3, 0.4) is 0 Å². The van der Waals surface area contributed by atoms with Gasteiger partial charge in [-0.15, -0.1) is 0 Å². The van der Waals surface area contributed by atoms with E-state index >= 15 is 0 Å². The number of hydrogen-bond acceptors (Lipinski definition) is 3. The Morgan fingerprint density at radius 3 is 2.85 bits per heavy atom. The highest BCUT2D eigenvalue weighted by Gasteiger charge is 2.20. The second-order valence-corrected chi connectivity index (χ2v) is 5.58. The van der Waals surface area contributed by atoms with Crippen LogP contribution in [0.2, 0.25) is 0 Å². The van der Waals surface area contributed by atoms with Crippen molar-refractivity contribution in [3.05, 3.63) is 53.2 Å². The molecular formula is C17H21N3. The van der Waals surface area contributed by atoms with Gasteiger partial charge in [-0.3, -0.25) is 0 Å². The standard InChI is InChI=1S/C17H21N3/c1-12-10-15(13(2)18)11-19-17(12)20-9-5-7-14-6-3-4-8-16(14)20/h3-4,6,8,10-11,13H,5,7,9,18H2,1-2H3/t13-/m0/s1. The zero-order valence-electron chi connectivity index (χ0n) is 12.1. The summed E-state index contributed by atoms with van der Waals surface area (Å²) < 4.78 is 0. The van der Waals surface area contributed by atoms with Gasteiger partial charge in [0, 0.05) is 24.5 Å². The van der Waals surface area contributed by atoms with Crippen LogP contribution in [0.1, 0.15) is 36.1 Å². The van der Waals surface area contributed by atoms with Gasteiger partial charge in [-0.25, -0.2) is 4.98 Å². The second kappa shape index (κ2) is 5.25. The SMILES string of the molecule is Cc1cc([C@H](C)N)cnc1N1CCCc2ccccc21. The zero-order chi connectivity index (χ0) is 14.1. The van der Waals surface area contributed by atoms with Gasteiger partial charge in [-0.2, -0.15) is 0 Å². The Balaban J connectivity index is 2.02. The molecule has 1 aromatic carbocycles. The number of nitrogens with zero attached hydrogens (tertiary/aromatic N) is 2. The van der Waals surface area contributed by atoms with Gasteiger partial charge < -0.3 is 10.6 Å². The van der Waals surface area contributed by atoms with Crippen molar-refractivity contribution in [2.45, 2.75) is 32.7 Å². The Bertz CT molecular complexity index is 619. The third-order valence-corrected chi connectivity index (χ3v) is 3.96. The molecule has 3 heteroatoms.